The van der Waals surface area contributed by atoms with Gasteiger partial charge in [-0.2, -0.15) is 0 Å². The number of benzene rings is 1. The van der Waals surface area contributed by atoms with Crippen molar-refractivity contribution in [2.45, 2.75) is 4.90 Å². The van der Waals surface area contributed by atoms with Gasteiger partial charge in [0.1, 0.15) is 15.7 Å². The maximum atomic E-state index is 12.7. The summed E-state index contributed by atoms with van der Waals surface area (Å²) in [5.41, 5.74) is 1.40. The molecule has 1 aromatic rings. The lowest BCUT2D eigenvalue weighted by atomic mass is 9.80. The molecular weight excluding hydrogens is 164 g/mol. The van der Waals surface area contributed by atoms with Crippen LogP contribution in [-0.2, 0) is 0 Å². The van der Waals surface area contributed by atoms with E-state index >= 15 is 0 Å². The molecule has 5 heteroatoms. The fourth-order valence-corrected chi connectivity index (χ4v) is 1.11. The Morgan fingerprint density at radius 3 is 2.36 bits per heavy atom. The zero-order valence-electron chi connectivity index (χ0n) is 6.28. The SMILES string of the molecule is Bc1cc(F)c(F)c(S)c1B. The average molecular weight is 170 g/mol. The van der Waals surface area contributed by atoms with Crippen LogP contribution in [0.2, 0.25) is 0 Å². The van der Waals surface area contributed by atoms with Gasteiger partial charge in [0.25, 0.3) is 0 Å². The zero-order valence-corrected chi connectivity index (χ0v) is 7.17. The van der Waals surface area contributed by atoms with Gasteiger partial charge in [0.2, 0.25) is 0 Å². The van der Waals surface area contributed by atoms with Crippen molar-refractivity contribution >= 4 is 39.2 Å². The molecule has 0 aliphatic carbocycles. The highest BCUT2D eigenvalue weighted by Crippen LogP contribution is 2.10. The molecule has 56 valence electrons. The summed E-state index contributed by atoms with van der Waals surface area (Å²) in [6.45, 7) is 0. The first kappa shape index (κ1) is 8.65. The van der Waals surface area contributed by atoms with Crippen molar-refractivity contribution in [3.63, 3.8) is 0 Å². The summed E-state index contributed by atoms with van der Waals surface area (Å²) in [6.07, 6.45) is 0. The Kier molecular flexibility index (Phi) is 2.28. The fourth-order valence-electron chi connectivity index (χ4n) is 0.826. The van der Waals surface area contributed by atoms with E-state index in [9.17, 15) is 8.78 Å². The topological polar surface area (TPSA) is 0 Å². The second kappa shape index (κ2) is 2.89. The summed E-state index contributed by atoms with van der Waals surface area (Å²) in [4.78, 5) is 0.0995. The second-order valence-corrected chi connectivity index (χ2v) is 2.91. The summed E-state index contributed by atoms with van der Waals surface area (Å²) in [6, 6.07) is 1.17. The highest BCUT2D eigenvalue weighted by atomic mass is 32.1. The van der Waals surface area contributed by atoms with E-state index in [1.165, 1.54) is 6.07 Å². The van der Waals surface area contributed by atoms with Crippen LogP contribution in [0.5, 0.6) is 0 Å². The fraction of sp³-hybridized carbons (Fsp3) is 0. The Bertz CT molecular complexity index is 275. The highest BCUT2D eigenvalue weighted by molar-refractivity contribution is 7.80. The molecule has 0 aliphatic rings. The number of hydrogen-bond donors (Lipinski definition) is 1. The van der Waals surface area contributed by atoms with Crippen LogP contribution in [0.25, 0.3) is 0 Å². The number of hydrogen-bond acceptors (Lipinski definition) is 1. The van der Waals surface area contributed by atoms with Gasteiger partial charge in [-0.05, 0) is 6.07 Å². The lowest BCUT2D eigenvalue weighted by molar-refractivity contribution is 0.494. The molecule has 0 fully saturated rings. The van der Waals surface area contributed by atoms with Crippen molar-refractivity contribution in [2.24, 2.45) is 0 Å². The Balaban J connectivity index is 3.46. The first-order valence-corrected chi connectivity index (χ1v) is 3.63. The Morgan fingerprint density at radius 1 is 1.27 bits per heavy atom. The van der Waals surface area contributed by atoms with E-state index in [-0.39, 0.29) is 4.90 Å². The smallest absolute Gasteiger partial charge is 0.171 e. The average Bonchev–Trinajstić information content (AvgIpc) is 1.97. The lowest BCUT2D eigenvalue weighted by Gasteiger charge is -2.05. The third-order valence-corrected chi connectivity index (χ3v) is 2.24. The summed E-state index contributed by atoms with van der Waals surface area (Å²) < 4.78 is 25.3. The molecule has 1 rings (SSSR count). The van der Waals surface area contributed by atoms with Crippen molar-refractivity contribution in [1.29, 1.82) is 0 Å². The quantitative estimate of drug-likeness (QED) is 0.365. The van der Waals surface area contributed by atoms with Crippen LogP contribution in [0.4, 0.5) is 8.78 Å². The van der Waals surface area contributed by atoms with Crippen LogP contribution < -0.4 is 10.9 Å². The summed E-state index contributed by atoms with van der Waals surface area (Å²) in [5, 5.41) is 0. The van der Waals surface area contributed by atoms with Crippen LogP contribution in [0.3, 0.4) is 0 Å². The molecular formula is C6H6B2F2S. The first-order valence-electron chi connectivity index (χ1n) is 3.18. The van der Waals surface area contributed by atoms with Gasteiger partial charge in [0.15, 0.2) is 11.6 Å². The molecule has 0 aliphatic heterocycles. The highest BCUT2D eigenvalue weighted by Gasteiger charge is 2.09. The van der Waals surface area contributed by atoms with Gasteiger partial charge in [0, 0.05) is 4.90 Å². The van der Waals surface area contributed by atoms with Gasteiger partial charge in [-0.25, -0.2) is 8.78 Å². The summed E-state index contributed by atoms with van der Waals surface area (Å²) in [7, 11) is 3.43. The molecule has 0 atom stereocenters. The Labute approximate surface area is 71.2 Å². The molecule has 0 radical (unpaired) electrons. The molecule has 0 N–H and O–H groups in total. The van der Waals surface area contributed by atoms with E-state index in [0.29, 0.717) is 10.9 Å². The largest absolute Gasteiger partial charge is 0.204 e. The molecule has 0 unspecified atom stereocenters. The van der Waals surface area contributed by atoms with Crippen LogP contribution in [0, 0.1) is 11.6 Å². The molecule has 1 aromatic carbocycles. The minimum atomic E-state index is -0.864. The second-order valence-electron chi connectivity index (χ2n) is 2.46. The minimum absolute atomic E-state index is 0.0995. The van der Waals surface area contributed by atoms with E-state index in [1.54, 1.807) is 15.7 Å². The van der Waals surface area contributed by atoms with E-state index in [2.05, 4.69) is 12.6 Å². The third-order valence-electron chi connectivity index (χ3n) is 1.71. The van der Waals surface area contributed by atoms with Crippen molar-refractivity contribution in [1.82, 2.24) is 0 Å². The molecule has 11 heavy (non-hydrogen) atoms. The predicted molar refractivity (Wildman–Crippen MR) is 50.0 cm³/mol. The minimum Gasteiger partial charge on any atom is -0.204 e. The van der Waals surface area contributed by atoms with Gasteiger partial charge < -0.3 is 0 Å². The van der Waals surface area contributed by atoms with Gasteiger partial charge >= 0.3 is 0 Å². The number of thiol groups is 1. The van der Waals surface area contributed by atoms with Gasteiger partial charge in [-0.15, -0.1) is 12.6 Å². The van der Waals surface area contributed by atoms with Crippen LogP contribution in [-0.4, -0.2) is 15.7 Å². The van der Waals surface area contributed by atoms with Crippen LogP contribution >= 0.6 is 12.6 Å². The van der Waals surface area contributed by atoms with Crippen LogP contribution in [0.15, 0.2) is 11.0 Å². The van der Waals surface area contributed by atoms with Crippen molar-refractivity contribution < 1.29 is 8.78 Å². The van der Waals surface area contributed by atoms with Crippen molar-refractivity contribution in [2.75, 3.05) is 0 Å². The Morgan fingerprint density at radius 2 is 1.82 bits per heavy atom. The van der Waals surface area contributed by atoms with E-state index in [1.807, 2.05) is 0 Å². The Hall–Kier alpha value is -0.440. The molecule has 0 aromatic heterocycles. The molecule has 0 amide bonds. The van der Waals surface area contributed by atoms with E-state index in [4.69, 9.17) is 0 Å². The van der Waals surface area contributed by atoms with Gasteiger partial charge in [0.05, 0.1) is 0 Å². The molecule has 0 nitrogen and oxygen atoms in total. The molecule has 0 saturated heterocycles. The maximum absolute atomic E-state index is 12.7. The molecule has 0 bridgehead atoms. The maximum Gasteiger partial charge on any atom is 0.171 e. The number of rotatable bonds is 0. The molecule has 0 saturated carbocycles. The van der Waals surface area contributed by atoms with Gasteiger partial charge in [-0.3, -0.25) is 0 Å². The van der Waals surface area contributed by atoms with E-state index in [0.717, 1.165) is 0 Å². The van der Waals surface area contributed by atoms with Crippen molar-refractivity contribution in [3.05, 3.63) is 17.7 Å². The monoisotopic (exact) mass is 170 g/mol. The van der Waals surface area contributed by atoms with E-state index < -0.39 is 11.6 Å². The first-order chi connectivity index (χ1) is 5.04. The standard InChI is InChI=1S/C6H6B2F2S/c7-2-1-3(9)5(10)6(11)4(2)8/h1,11H,7-8H2. The van der Waals surface area contributed by atoms with Gasteiger partial charge in [-0.1, -0.05) is 10.9 Å². The van der Waals surface area contributed by atoms with Crippen molar-refractivity contribution in [3.8, 4) is 0 Å². The molecule has 0 spiro atoms. The normalized spacial score (nSPS) is 10.1. The lowest BCUT2D eigenvalue weighted by Crippen LogP contribution is -2.28. The number of halogens is 2. The predicted octanol–water partition coefficient (Wildman–Crippen LogP) is -1.23. The summed E-state index contributed by atoms with van der Waals surface area (Å²) in [5.74, 6) is -1.70. The summed E-state index contributed by atoms with van der Waals surface area (Å²) >= 11 is 3.84. The van der Waals surface area contributed by atoms with Crippen LogP contribution in [0.1, 0.15) is 0 Å². The molecule has 0 heterocycles. The third kappa shape index (κ3) is 1.43. The zero-order chi connectivity index (χ0) is 8.59.